The Morgan fingerprint density at radius 2 is 1.10 bits per heavy atom. The van der Waals surface area contributed by atoms with Crippen molar-refractivity contribution in [1.82, 2.24) is 0 Å². The summed E-state index contributed by atoms with van der Waals surface area (Å²) >= 11 is 0. The molecular weight excluding hydrogens is 753 g/mol. The highest BCUT2D eigenvalue weighted by Gasteiger charge is 2.40. The van der Waals surface area contributed by atoms with Crippen LogP contribution in [0.25, 0.3) is 110 Å². The first-order chi connectivity index (χ1) is 30.8. The van der Waals surface area contributed by atoms with Gasteiger partial charge in [-0.25, -0.2) is 0 Å². The minimum Gasteiger partial charge on any atom is -0.484 e. The highest BCUT2D eigenvalue weighted by atomic mass is 16.5. The molecule has 0 N–H and O–H groups in total. The van der Waals surface area contributed by atoms with Gasteiger partial charge in [0.1, 0.15) is 23.0 Å². The second-order valence-electron chi connectivity index (χ2n) is 17.3. The van der Waals surface area contributed by atoms with E-state index in [1.54, 1.807) is 0 Å². The predicted octanol–water partition coefficient (Wildman–Crippen LogP) is 16.1. The van der Waals surface area contributed by atoms with Gasteiger partial charge in [-0.15, -0.1) is 0 Å². The average molecular weight is 791 g/mol. The average Bonchev–Trinajstić information content (AvgIpc) is 3.91. The molecule has 2 heteroatoms. The quantitative estimate of drug-likeness (QED) is 0.166. The standard InChI is InChI=1S/C60H38O2/c1-2-14-35(15-3-1)56-59-54(50-26-12-24-38(57(50)61-59)36-28-30-48-44-20-6-4-16-40(44)42-18-8-10-22-46(42)52(48)32-36)34-55-51-27-13-25-39(58(51)62-60(55)56)37-29-31-49-45-21-7-5-17-41(45)43-19-9-11-23-47(43)53(49)33-37/h1-6,8-20,22-34,51,58H,7,21H2. The molecule has 10 aromatic carbocycles. The van der Waals surface area contributed by atoms with Crippen molar-refractivity contribution in [3.8, 4) is 28.0 Å². The summed E-state index contributed by atoms with van der Waals surface area (Å²) in [4.78, 5) is 0. The zero-order valence-electron chi connectivity index (χ0n) is 33.9. The predicted molar refractivity (Wildman–Crippen MR) is 260 cm³/mol. The molecule has 14 rings (SSSR count). The molecule has 2 atom stereocenters. The van der Waals surface area contributed by atoms with Crippen molar-refractivity contribution in [1.29, 1.82) is 0 Å². The SMILES string of the molecule is C1=CC2c3cc4c(oc5c(-c6ccc7c8ccccc8c8ccccc8c7c6)cccc54)c(-c4ccccc4)c3OC2C(c2ccc3c4c(c5ccccc5c3c2)C=CCC4)=C1. The number of hydrogen-bond acceptors (Lipinski definition) is 2. The minimum atomic E-state index is -0.168. The Balaban J connectivity index is 0.938. The number of ether oxygens (including phenoxy) is 1. The van der Waals surface area contributed by atoms with Crippen LogP contribution in [0.15, 0.2) is 193 Å². The molecule has 1 aliphatic heterocycles. The number of furan rings is 1. The van der Waals surface area contributed by atoms with E-state index in [2.05, 4.69) is 194 Å². The van der Waals surface area contributed by atoms with Crippen molar-refractivity contribution in [3.05, 3.63) is 210 Å². The largest absolute Gasteiger partial charge is 0.484 e. The number of allylic oxidation sites excluding steroid dienone is 3. The van der Waals surface area contributed by atoms with E-state index in [1.807, 2.05) is 0 Å². The van der Waals surface area contributed by atoms with E-state index in [9.17, 15) is 0 Å². The van der Waals surface area contributed by atoms with Crippen LogP contribution < -0.4 is 4.74 Å². The van der Waals surface area contributed by atoms with Crippen LogP contribution >= 0.6 is 0 Å². The van der Waals surface area contributed by atoms with Gasteiger partial charge in [-0.05, 0) is 113 Å². The van der Waals surface area contributed by atoms with Gasteiger partial charge < -0.3 is 9.15 Å². The first-order valence-corrected chi connectivity index (χ1v) is 21.9. The Kier molecular flexibility index (Phi) is 7.10. The van der Waals surface area contributed by atoms with Gasteiger partial charge in [-0.2, -0.15) is 0 Å². The zero-order valence-corrected chi connectivity index (χ0v) is 33.9. The van der Waals surface area contributed by atoms with Crippen molar-refractivity contribution in [2.75, 3.05) is 0 Å². The fourth-order valence-corrected chi connectivity index (χ4v) is 11.3. The topological polar surface area (TPSA) is 22.4 Å². The Morgan fingerprint density at radius 1 is 0.468 bits per heavy atom. The first-order valence-electron chi connectivity index (χ1n) is 21.9. The summed E-state index contributed by atoms with van der Waals surface area (Å²) in [5.41, 5.74) is 12.5. The van der Waals surface area contributed by atoms with Gasteiger partial charge in [-0.3, -0.25) is 0 Å². The summed E-state index contributed by atoms with van der Waals surface area (Å²) in [7, 11) is 0. The summed E-state index contributed by atoms with van der Waals surface area (Å²) in [5, 5.41) is 15.1. The second kappa shape index (κ2) is 12.9. The van der Waals surface area contributed by atoms with Gasteiger partial charge in [0.15, 0.2) is 0 Å². The lowest BCUT2D eigenvalue weighted by molar-refractivity contribution is 0.279. The maximum atomic E-state index is 7.31. The van der Waals surface area contributed by atoms with Crippen LogP contribution in [0.3, 0.4) is 0 Å². The summed E-state index contributed by atoms with van der Waals surface area (Å²) in [6.45, 7) is 0. The van der Waals surface area contributed by atoms with Crippen molar-refractivity contribution in [2.45, 2.75) is 24.9 Å². The van der Waals surface area contributed by atoms with Crippen molar-refractivity contribution in [2.24, 2.45) is 0 Å². The molecule has 2 nitrogen and oxygen atoms in total. The summed E-state index contributed by atoms with van der Waals surface area (Å²) in [6, 6.07) is 60.1. The van der Waals surface area contributed by atoms with E-state index in [1.165, 1.54) is 81.7 Å². The Morgan fingerprint density at radius 3 is 1.89 bits per heavy atom. The van der Waals surface area contributed by atoms with E-state index in [-0.39, 0.29) is 12.0 Å². The molecule has 2 unspecified atom stereocenters. The lowest BCUT2D eigenvalue weighted by atomic mass is 9.81. The van der Waals surface area contributed by atoms with Crippen LogP contribution in [0.5, 0.6) is 5.75 Å². The van der Waals surface area contributed by atoms with E-state index in [0.29, 0.717) is 0 Å². The van der Waals surface area contributed by atoms with Crippen LogP contribution in [0.2, 0.25) is 0 Å². The van der Waals surface area contributed by atoms with Crippen molar-refractivity contribution < 1.29 is 9.15 Å². The molecule has 62 heavy (non-hydrogen) atoms. The first kappa shape index (κ1) is 34.1. The van der Waals surface area contributed by atoms with Gasteiger partial charge in [0, 0.05) is 33.4 Å². The number of para-hydroxylation sites is 1. The lowest BCUT2D eigenvalue weighted by Gasteiger charge is -2.24. The van der Waals surface area contributed by atoms with Gasteiger partial charge in [0.05, 0.1) is 5.56 Å². The van der Waals surface area contributed by atoms with Crippen LogP contribution in [0.4, 0.5) is 0 Å². The van der Waals surface area contributed by atoms with E-state index in [0.717, 1.165) is 62.8 Å². The minimum absolute atomic E-state index is 0.0506. The number of benzene rings is 10. The van der Waals surface area contributed by atoms with Crippen LogP contribution in [-0.2, 0) is 6.42 Å². The molecule has 2 heterocycles. The zero-order chi connectivity index (χ0) is 40.5. The number of hydrogen-bond donors (Lipinski definition) is 0. The van der Waals surface area contributed by atoms with Gasteiger partial charge in [-0.1, -0.05) is 176 Å². The Labute approximate surface area is 358 Å². The van der Waals surface area contributed by atoms with E-state index in [4.69, 9.17) is 9.15 Å². The van der Waals surface area contributed by atoms with E-state index < -0.39 is 0 Å². The summed E-state index contributed by atoms with van der Waals surface area (Å²) in [5.74, 6) is 0.961. The van der Waals surface area contributed by atoms with Crippen LogP contribution in [-0.4, -0.2) is 6.10 Å². The molecular formula is C60H38O2. The molecule has 0 saturated carbocycles. The third kappa shape index (κ3) is 4.75. The Hall–Kier alpha value is -7.68. The summed E-state index contributed by atoms with van der Waals surface area (Å²) in [6.07, 6.45) is 13.5. The maximum absolute atomic E-state index is 7.31. The van der Waals surface area contributed by atoms with Crippen molar-refractivity contribution >= 4 is 87.4 Å². The monoisotopic (exact) mass is 790 g/mol. The number of fused-ring (bicyclic) bond motifs is 18. The lowest BCUT2D eigenvalue weighted by Crippen LogP contribution is -2.21. The molecule has 0 bridgehead atoms. The molecule has 3 aliphatic rings. The molecule has 11 aromatic rings. The second-order valence-corrected chi connectivity index (χ2v) is 17.3. The number of aryl methyl sites for hydroxylation is 1. The van der Waals surface area contributed by atoms with Gasteiger partial charge >= 0.3 is 0 Å². The Bertz CT molecular complexity index is 3810. The third-order valence-electron chi connectivity index (χ3n) is 14.1. The molecule has 0 fully saturated rings. The fraction of sp³-hybridized carbons (Fsp3) is 0.0667. The molecule has 290 valence electrons. The fourth-order valence-electron chi connectivity index (χ4n) is 11.3. The molecule has 2 aliphatic carbocycles. The molecule has 0 spiro atoms. The third-order valence-corrected chi connectivity index (χ3v) is 14.1. The van der Waals surface area contributed by atoms with Gasteiger partial charge in [0.25, 0.3) is 0 Å². The highest BCUT2D eigenvalue weighted by Crippen LogP contribution is 2.55. The molecule has 0 radical (unpaired) electrons. The van der Waals surface area contributed by atoms with Crippen LogP contribution in [0, 0.1) is 0 Å². The molecule has 0 amide bonds. The summed E-state index contributed by atoms with van der Waals surface area (Å²) < 4.78 is 14.5. The van der Waals surface area contributed by atoms with E-state index >= 15 is 0 Å². The van der Waals surface area contributed by atoms with Crippen molar-refractivity contribution in [3.63, 3.8) is 0 Å². The van der Waals surface area contributed by atoms with Crippen LogP contribution in [0.1, 0.15) is 34.6 Å². The smallest absolute Gasteiger partial charge is 0.147 e. The molecule has 0 saturated heterocycles. The maximum Gasteiger partial charge on any atom is 0.147 e. The highest BCUT2D eigenvalue weighted by molar-refractivity contribution is 6.26. The number of rotatable bonds is 3. The normalized spacial score (nSPS) is 16.7. The molecule has 1 aromatic heterocycles. The van der Waals surface area contributed by atoms with Gasteiger partial charge in [0.2, 0.25) is 0 Å².